The van der Waals surface area contributed by atoms with E-state index < -0.39 is 0 Å². The maximum absolute atomic E-state index is 11.9. The van der Waals surface area contributed by atoms with Crippen LogP contribution in [0.3, 0.4) is 0 Å². The van der Waals surface area contributed by atoms with Crippen molar-refractivity contribution in [3.8, 4) is 0 Å². The molecule has 0 unspecified atom stereocenters. The van der Waals surface area contributed by atoms with Crippen molar-refractivity contribution in [3.05, 3.63) is 35.8 Å². The molecule has 2 rings (SSSR count). The number of hydrogen-bond donors (Lipinski definition) is 0. The van der Waals surface area contributed by atoms with Gasteiger partial charge < -0.3 is 4.42 Å². The van der Waals surface area contributed by atoms with Crippen molar-refractivity contribution in [2.24, 2.45) is 0 Å². The Morgan fingerprint density at radius 2 is 2.40 bits per heavy atom. The smallest absolute Gasteiger partial charge is 0.233 e. The van der Waals surface area contributed by atoms with Crippen LogP contribution in [-0.2, 0) is 6.54 Å². The lowest BCUT2D eigenvalue weighted by molar-refractivity contribution is 0.102. The van der Waals surface area contributed by atoms with Crippen LogP contribution < -0.4 is 0 Å². The van der Waals surface area contributed by atoms with Crippen molar-refractivity contribution in [1.82, 2.24) is 14.8 Å². The van der Waals surface area contributed by atoms with Crippen LogP contribution in [0.1, 0.15) is 28.9 Å². The van der Waals surface area contributed by atoms with Gasteiger partial charge in [-0.2, -0.15) is 5.10 Å². The van der Waals surface area contributed by atoms with Crippen molar-refractivity contribution >= 4 is 5.78 Å². The third-order valence-corrected chi connectivity index (χ3v) is 2.11. The fourth-order valence-electron chi connectivity index (χ4n) is 1.36. The van der Waals surface area contributed by atoms with Crippen LogP contribution in [0, 0.1) is 6.92 Å². The molecule has 0 fully saturated rings. The molecule has 0 radical (unpaired) electrons. The zero-order valence-corrected chi connectivity index (χ0v) is 8.60. The third kappa shape index (κ3) is 1.68. The molecule has 0 amide bonds. The van der Waals surface area contributed by atoms with Gasteiger partial charge in [0.25, 0.3) is 0 Å². The van der Waals surface area contributed by atoms with E-state index in [0.717, 1.165) is 0 Å². The average molecular weight is 205 g/mol. The van der Waals surface area contributed by atoms with Crippen LogP contribution in [-0.4, -0.2) is 20.5 Å². The molecule has 0 atom stereocenters. The summed E-state index contributed by atoms with van der Waals surface area (Å²) in [6.45, 7) is 4.32. The predicted octanol–water partition coefficient (Wildman–Crippen LogP) is 1.43. The Labute approximate surface area is 86.7 Å². The standard InChI is InChI=1S/C10H11N3O2/c1-3-13-10(11-6-12-13)9(14)8-4-7(2)15-5-8/h4-6H,3H2,1-2H3. The van der Waals surface area contributed by atoms with Gasteiger partial charge in [-0.05, 0) is 19.9 Å². The molecule has 0 spiro atoms. The van der Waals surface area contributed by atoms with Gasteiger partial charge in [-0.3, -0.25) is 4.79 Å². The molecule has 0 saturated heterocycles. The fraction of sp³-hybridized carbons (Fsp3) is 0.300. The van der Waals surface area contributed by atoms with Gasteiger partial charge in [-0.15, -0.1) is 0 Å². The number of nitrogens with zero attached hydrogens (tertiary/aromatic N) is 3. The molecule has 0 bridgehead atoms. The minimum atomic E-state index is -0.161. The van der Waals surface area contributed by atoms with Gasteiger partial charge in [0.2, 0.25) is 5.78 Å². The Morgan fingerprint density at radius 1 is 1.60 bits per heavy atom. The van der Waals surface area contributed by atoms with Gasteiger partial charge in [0.15, 0.2) is 5.82 Å². The molecule has 0 saturated carbocycles. The Kier molecular flexibility index (Phi) is 2.37. The lowest BCUT2D eigenvalue weighted by atomic mass is 10.2. The number of ketones is 1. The molecule has 0 aromatic carbocycles. The van der Waals surface area contributed by atoms with E-state index >= 15 is 0 Å². The molecule has 15 heavy (non-hydrogen) atoms. The summed E-state index contributed by atoms with van der Waals surface area (Å²) < 4.78 is 6.64. The number of furan rings is 1. The Balaban J connectivity index is 2.36. The van der Waals surface area contributed by atoms with E-state index in [1.807, 2.05) is 6.92 Å². The Hall–Kier alpha value is -1.91. The summed E-state index contributed by atoms with van der Waals surface area (Å²) >= 11 is 0. The van der Waals surface area contributed by atoms with Crippen LogP contribution in [0.25, 0.3) is 0 Å². The molecular weight excluding hydrogens is 194 g/mol. The quantitative estimate of drug-likeness (QED) is 0.711. The van der Waals surface area contributed by atoms with Crippen molar-refractivity contribution < 1.29 is 9.21 Å². The lowest BCUT2D eigenvalue weighted by Gasteiger charge is -1.98. The van der Waals surface area contributed by atoms with E-state index in [2.05, 4.69) is 10.1 Å². The van der Waals surface area contributed by atoms with Gasteiger partial charge in [-0.1, -0.05) is 0 Å². The van der Waals surface area contributed by atoms with Gasteiger partial charge >= 0.3 is 0 Å². The molecule has 5 heteroatoms. The van der Waals surface area contributed by atoms with Crippen LogP contribution >= 0.6 is 0 Å². The van der Waals surface area contributed by atoms with Gasteiger partial charge in [0, 0.05) is 6.54 Å². The highest BCUT2D eigenvalue weighted by Crippen LogP contribution is 2.11. The zero-order valence-electron chi connectivity index (χ0n) is 8.60. The van der Waals surface area contributed by atoms with Crippen LogP contribution in [0.15, 0.2) is 23.1 Å². The molecule has 0 aliphatic rings. The molecule has 0 aliphatic heterocycles. The summed E-state index contributed by atoms with van der Waals surface area (Å²) in [5.74, 6) is 0.894. The number of hydrogen-bond acceptors (Lipinski definition) is 4. The fourth-order valence-corrected chi connectivity index (χ4v) is 1.36. The molecule has 78 valence electrons. The summed E-state index contributed by atoms with van der Waals surface area (Å²) in [7, 11) is 0. The maximum Gasteiger partial charge on any atom is 0.233 e. The first-order valence-electron chi connectivity index (χ1n) is 4.70. The highest BCUT2D eigenvalue weighted by molar-refractivity contribution is 6.06. The predicted molar refractivity (Wildman–Crippen MR) is 52.6 cm³/mol. The molecule has 2 aromatic heterocycles. The van der Waals surface area contributed by atoms with E-state index in [1.54, 1.807) is 17.7 Å². The van der Waals surface area contributed by atoms with Crippen molar-refractivity contribution in [2.45, 2.75) is 20.4 Å². The van der Waals surface area contributed by atoms with Crippen molar-refractivity contribution in [2.75, 3.05) is 0 Å². The third-order valence-electron chi connectivity index (χ3n) is 2.11. The zero-order chi connectivity index (χ0) is 10.8. The van der Waals surface area contributed by atoms with Crippen molar-refractivity contribution in [1.29, 1.82) is 0 Å². The number of aryl methyl sites for hydroxylation is 2. The van der Waals surface area contributed by atoms with E-state index in [-0.39, 0.29) is 5.78 Å². The molecule has 2 heterocycles. The summed E-state index contributed by atoms with van der Waals surface area (Å²) in [5, 5.41) is 3.94. The van der Waals surface area contributed by atoms with Crippen LogP contribution in [0.2, 0.25) is 0 Å². The summed E-state index contributed by atoms with van der Waals surface area (Å²) in [6.07, 6.45) is 2.82. The van der Waals surface area contributed by atoms with E-state index in [4.69, 9.17) is 4.42 Å². The van der Waals surface area contributed by atoms with Gasteiger partial charge in [-0.25, -0.2) is 9.67 Å². The minimum absolute atomic E-state index is 0.161. The SMILES string of the molecule is CCn1ncnc1C(=O)c1coc(C)c1. The highest BCUT2D eigenvalue weighted by atomic mass is 16.3. The first-order valence-corrected chi connectivity index (χ1v) is 4.70. The molecule has 2 aromatic rings. The van der Waals surface area contributed by atoms with Gasteiger partial charge in [0.05, 0.1) is 5.56 Å². The lowest BCUT2D eigenvalue weighted by Crippen LogP contribution is -2.11. The monoisotopic (exact) mass is 205 g/mol. The Morgan fingerprint density at radius 3 is 3.00 bits per heavy atom. The average Bonchev–Trinajstić information content (AvgIpc) is 2.84. The summed E-state index contributed by atoms with van der Waals surface area (Å²) in [4.78, 5) is 15.9. The second-order valence-corrected chi connectivity index (χ2v) is 3.17. The minimum Gasteiger partial charge on any atom is -0.469 e. The second-order valence-electron chi connectivity index (χ2n) is 3.17. The van der Waals surface area contributed by atoms with E-state index in [9.17, 15) is 4.79 Å². The molecule has 5 nitrogen and oxygen atoms in total. The largest absolute Gasteiger partial charge is 0.469 e. The number of carbonyl (C=O) groups excluding carboxylic acids is 1. The van der Waals surface area contributed by atoms with Crippen LogP contribution in [0.5, 0.6) is 0 Å². The van der Waals surface area contributed by atoms with Crippen molar-refractivity contribution in [3.63, 3.8) is 0 Å². The Bertz CT molecular complexity index is 484. The summed E-state index contributed by atoms with van der Waals surface area (Å²) in [6, 6.07) is 1.69. The normalized spacial score (nSPS) is 10.5. The number of carbonyl (C=O) groups is 1. The summed E-state index contributed by atoms with van der Waals surface area (Å²) in [5.41, 5.74) is 0.509. The second kappa shape index (κ2) is 3.68. The number of rotatable bonds is 3. The van der Waals surface area contributed by atoms with Gasteiger partial charge in [0.1, 0.15) is 18.4 Å². The first kappa shape index (κ1) is 9.64. The molecular formula is C10H11N3O2. The first-order chi connectivity index (χ1) is 7.22. The van der Waals surface area contributed by atoms with Crippen LogP contribution in [0.4, 0.5) is 0 Å². The topological polar surface area (TPSA) is 60.9 Å². The molecule has 0 aliphatic carbocycles. The van der Waals surface area contributed by atoms with E-state index in [1.165, 1.54) is 12.6 Å². The number of aromatic nitrogens is 3. The highest BCUT2D eigenvalue weighted by Gasteiger charge is 2.17. The van der Waals surface area contributed by atoms with E-state index in [0.29, 0.717) is 23.7 Å². The molecule has 0 N–H and O–H groups in total. The maximum atomic E-state index is 11.9.